The van der Waals surface area contributed by atoms with Crippen molar-refractivity contribution in [2.24, 2.45) is 7.05 Å². The molecule has 0 saturated carbocycles. The van der Waals surface area contributed by atoms with E-state index in [0.717, 1.165) is 54.1 Å². The Morgan fingerprint density at radius 2 is 1.81 bits per heavy atom. The average molecular weight is 438 g/mol. The molecular formula is C24H31N5O3. The summed E-state index contributed by atoms with van der Waals surface area (Å²) in [6.07, 6.45) is 0.987. The molecule has 8 nitrogen and oxygen atoms in total. The van der Waals surface area contributed by atoms with E-state index in [1.807, 2.05) is 44.0 Å². The number of aryl methyl sites for hydroxylation is 3. The number of fused-ring (bicyclic) bond motifs is 1. The van der Waals surface area contributed by atoms with Gasteiger partial charge in [-0.05, 0) is 49.6 Å². The first kappa shape index (κ1) is 22.1. The molecule has 0 radical (unpaired) electrons. The van der Waals surface area contributed by atoms with Gasteiger partial charge in [0.1, 0.15) is 5.75 Å². The molecule has 3 aromatic rings. The zero-order chi connectivity index (χ0) is 22.7. The maximum absolute atomic E-state index is 12.7. The summed E-state index contributed by atoms with van der Waals surface area (Å²) in [7, 11) is 3.52. The fourth-order valence-corrected chi connectivity index (χ4v) is 4.17. The average Bonchev–Trinajstić information content (AvgIpc) is 3.12. The number of aromatic nitrogens is 3. The van der Waals surface area contributed by atoms with Gasteiger partial charge >= 0.3 is 0 Å². The van der Waals surface area contributed by atoms with E-state index in [1.165, 1.54) is 5.56 Å². The number of hydrogen-bond acceptors (Lipinski definition) is 6. The number of carbonyl (C=O) groups excluding carboxylic acids is 1. The largest absolute Gasteiger partial charge is 0.497 e. The van der Waals surface area contributed by atoms with Gasteiger partial charge in [0.2, 0.25) is 5.88 Å². The number of piperazine rings is 1. The van der Waals surface area contributed by atoms with Crippen molar-refractivity contribution in [3.8, 4) is 11.6 Å². The Balaban J connectivity index is 1.26. The van der Waals surface area contributed by atoms with Gasteiger partial charge in [-0.25, -0.2) is 9.67 Å². The van der Waals surface area contributed by atoms with Crippen molar-refractivity contribution in [1.82, 2.24) is 24.6 Å². The molecule has 170 valence electrons. The molecule has 0 atom stereocenters. The normalized spacial score (nSPS) is 14.7. The summed E-state index contributed by atoms with van der Waals surface area (Å²) in [5, 5.41) is 5.30. The minimum Gasteiger partial charge on any atom is -0.497 e. The smallest absolute Gasteiger partial charge is 0.260 e. The molecule has 0 bridgehead atoms. The zero-order valence-corrected chi connectivity index (χ0v) is 19.3. The fraction of sp³-hybridized carbons (Fsp3) is 0.458. The third kappa shape index (κ3) is 4.85. The Morgan fingerprint density at radius 3 is 2.50 bits per heavy atom. The Morgan fingerprint density at radius 1 is 1.09 bits per heavy atom. The summed E-state index contributed by atoms with van der Waals surface area (Å²) in [6.45, 7) is 8.12. The lowest BCUT2D eigenvalue weighted by molar-refractivity contribution is -0.135. The Bertz CT molecular complexity index is 1090. The Kier molecular flexibility index (Phi) is 6.60. The van der Waals surface area contributed by atoms with Crippen molar-refractivity contribution in [3.05, 3.63) is 47.2 Å². The third-order valence-corrected chi connectivity index (χ3v) is 6.02. The molecule has 0 aliphatic carbocycles. The van der Waals surface area contributed by atoms with Crippen LogP contribution in [0, 0.1) is 13.8 Å². The molecule has 4 rings (SSSR count). The summed E-state index contributed by atoms with van der Waals surface area (Å²) < 4.78 is 12.8. The lowest BCUT2D eigenvalue weighted by Gasteiger charge is -2.34. The first-order valence-corrected chi connectivity index (χ1v) is 11.0. The van der Waals surface area contributed by atoms with Gasteiger partial charge in [-0.2, -0.15) is 0 Å². The quantitative estimate of drug-likeness (QED) is 0.565. The third-order valence-electron chi connectivity index (χ3n) is 6.02. The molecule has 1 aromatic carbocycles. The maximum atomic E-state index is 12.7. The standard InChI is InChI=1S/C24H31N5O3/c1-17-15-18(2)25-23-22(17)24(26-27(23)3)32-16-21(30)29-13-11-28(12-14-29)10-9-19-5-7-20(31-4)8-6-19/h5-8,15H,9-14,16H2,1-4H3. The van der Waals surface area contributed by atoms with Gasteiger partial charge < -0.3 is 14.4 Å². The minimum absolute atomic E-state index is 0.00340. The van der Waals surface area contributed by atoms with Crippen LogP contribution in [0.4, 0.5) is 0 Å². The fourth-order valence-electron chi connectivity index (χ4n) is 4.17. The molecule has 1 aliphatic heterocycles. The van der Waals surface area contributed by atoms with Gasteiger partial charge in [0.25, 0.3) is 5.91 Å². The van der Waals surface area contributed by atoms with Crippen LogP contribution < -0.4 is 9.47 Å². The van der Waals surface area contributed by atoms with E-state index >= 15 is 0 Å². The number of amides is 1. The molecule has 1 saturated heterocycles. The summed E-state index contributed by atoms with van der Waals surface area (Å²) in [5.41, 5.74) is 4.05. The van der Waals surface area contributed by atoms with E-state index in [1.54, 1.807) is 11.8 Å². The van der Waals surface area contributed by atoms with Gasteiger partial charge in [-0.15, -0.1) is 5.10 Å². The van der Waals surface area contributed by atoms with Crippen LogP contribution in [0.25, 0.3) is 11.0 Å². The predicted molar refractivity (Wildman–Crippen MR) is 123 cm³/mol. The number of hydrogen-bond donors (Lipinski definition) is 0. The van der Waals surface area contributed by atoms with Gasteiger partial charge in [0, 0.05) is 45.5 Å². The number of methoxy groups -OCH3 is 1. The monoisotopic (exact) mass is 437 g/mol. The Labute approximate surface area is 188 Å². The van der Waals surface area contributed by atoms with E-state index in [0.29, 0.717) is 19.0 Å². The molecule has 3 heterocycles. The van der Waals surface area contributed by atoms with E-state index in [4.69, 9.17) is 9.47 Å². The molecule has 2 aromatic heterocycles. The first-order valence-electron chi connectivity index (χ1n) is 11.0. The number of pyridine rings is 1. The highest BCUT2D eigenvalue weighted by molar-refractivity contribution is 5.85. The van der Waals surface area contributed by atoms with Crippen LogP contribution in [-0.4, -0.2) is 76.9 Å². The highest BCUT2D eigenvalue weighted by Gasteiger charge is 2.22. The highest BCUT2D eigenvalue weighted by Crippen LogP contribution is 2.27. The topological polar surface area (TPSA) is 72.7 Å². The number of ether oxygens (including phenoxy) is 2. The van der Waals surface area contributed by atoms with Gasteiger partial charge in [-0.1, -0.05) is 12.1 Å². The predicted octanol–water partition coefficient (Wildman–Crippen LogP) is 2.36. The second-order valence-electron chi connectivity index (χ2n) is 8.32. The molecule has 0 unspecified atom stereocenters. The lowest BCUT2D eigenvalue weighted by Crippen LogP contribution is -2.50. The van der Waals surface area contributed by atoms with Crippen LogP contribution in [-0.2, 0) is 18.3 Å². The summed E-state index contributed by atoms with van der Waals surface area (Å²) in [6, 6.07) is 10.2. The molecular weight excluding hydrogens is 406 g/mol. The molecule has 1 fully saturated rings. The molecule has 0 N–H and O–H groups in total. The van der Waals surface area contributed by atoms with Crippen molar-refractivity contribution >= 4 is 16.9 Å². The summed E-state index contributed by atoms with van der Waals surface area (Å²) in [5.74, 6) is 1.35. The second kappa shape index (κ2) is 9.56. The van der Waals surface area contributed by atoms with Gasteiger partial charge in [-0.3, -0.25) is 9.69 Å². The van der Waals surface area contributed by atoms with Gasteiger partial charge in [0.15, 0.2) is 12.3 Å². The second-order valence-corrected chi connectivity index (χ2v) is 8.32. The van der Waals surface area contributed by atoms with E-state index in [9.17, 15) is 4.79 Å². The highest BCUT2D eigenvalue weighted by atomic mass is 16.5. The number of nitrogens with zero attached hydrogens (tertiary/aromatic N) is 5. The zero-order valence-electron chi connectivity index (χ0n) is 19.3. The molecule has 1 amide bonds. The number of benzene rings is 1. The summed E-state index contributed by atoms with van der Waals surface area (Å²) in [4.78, 5) is 21.5. The first-order chi connectivity index (χ1) is 15.4. The molecule has 1 aliphatic rings. The van der Waals surface area contributed by atoms with E-state index in [2.05, 4.69) is 27.1 Å². The van der Waals surface area contributed by atoms with Crippen molar-refractivity contribution in [3.63, 3.8) is 0 Å². The van der Waals surface area contributed by atoms with Crippen LogP contribution in [0.3, 0.4) is 0 Å². The van der Waals surface area contributed by atoms with Crippen LogP contribution >= 0.6 is 0 Å². The maximum Gasteiger partial charge on any atom is 0.260 e. The van der Waals surface area contributed by atoms with E-state index < -0.39 is 0 Å². The van der Waals surface area contributed by atoms with Crippen LogP contribution in [0.1, 0.15) is 16.8 Å². The summed E-state index contributed by atoms with van der Waals surface area (Å²) >= 11 is 0. The minimum atomic E-state index is -0.00865. The van der Waals surface area contributed by atoms with Crippen molar-refractivity contribution in [2.45, 2.75) is 20.3 Å². The Hall–Kier alpha value is -3.13. The lowest BCUT2D eigenvalue weighted by atomic mass is 10.1. The van der Waals surface area contributed by atoms with Crippen molar-refractivity contribution in [1.29, 1.82) is 0 Å². The van der Waals surface area contributed by atoms with Crippen LogP contribution in [0.2, 0.25) is 0 Å². The van der Waals surface area contributed by atoms with Crippen molar-refractivity contribution < 1.29 is 14.3 Å². The van der Waals surface area contributed by atoms with E-state index in [-0.39, 0.29) is 12.5 Å². The SMILES string of the molecule is COc1ccc(CCN2CCN(C(=O)COc3nn(C)c4nc(C)cc(C)c34)CC2)cc1. The molecule has 8 heteroatoms. The molecule has 0 spiro atoms. The van der Waals surface area contributed by atoms with Gasteiger partial charge in [0.05, 0.1) is 12.5 Å². The molecule has 32 heavy (non-hydrogen) atoms. The van der Waals surface area contributed by atoms with Crippen LogP contribution in [0.15, 0.2) is 30.3 Å². The van der Waals surface area contributed by atoms with Crippen molar-refractivity contribution in [2.75, 3.05) is 46.4 Å². The van der Waals surface area contributed by atoms with Crippen LogP contribution in [0.5, 0.6) is 11.6 Å². The number of carbonyl (C=O) groups is 1. The number of rotatable bonds is 7.